The molecule has 4 unspecified atom stereocenters. The van der Waals surface area contributed by atoms with E-state index in [-0.39, 0.29) is 0 Å². The SMILES string of the molecule is c1ccc(CN2CCC34c5ccccc5NC3N3C[C@@H]3C24)cc1. The lowest BCUT2D eigenvalue weighted by Crippen LogP contribution is -2.48. The smallest absolute Gasteiger partial charge is 0.0913 e. The van der Waals surface area contributed by atoms with Crippen LogP contribution in [0.2, 0.25) is 0 Å². The lowest BCUT2D eigenvalue weighted by molar-refractivity contribution is 0.214. The van der Waals surface area contributed by atoms with Gasteiger partial charge >= 0.3 is 0 Å². The van der Waals surface area contributed by atoms with E-state index in [1.54, 1.807) is 5.56 Å². The number of para-hydroxylation sites is 1. The highest BCUT2D eigenvalue weighted by Crippen LogP contribution is 2.61. The average Bonchev–Trinajstić information content (AvgIpc) is 3.05. The summed E-state index contributed by atoms with van der Waals surface area (Å²) in [6.45, 7) is 3.58. The second-order valence-corrected chi connectivity index (χ2v) is 7.55. The van der Waals surface area contributed by atoms with Crippen LogP contribution in [-0.4, -0.2) is 41.1 Å². The zero-order valence-corrected chi connectivity index (χ0v) is 13.2. The van der Waals surface area contributed by atoms with E-state index < -0.39 is 0 Å². The molecule has 4 aliphatic heterocycles. The van der Waals surface area contributed by atoms with E-state index in [0.717, 1.165) is 12.6 Å². The van der Waals surface area contributed by atoms with Crippen molar-refractivity contribution in [3.63, 3.8) is 0 Å². The molecule has 2 aromatic carbocycles. The highest BCUT2D eigenvalue weighted by Gasteiger charge is 2.72. The molecule has 0 aromatic heterocycles. The number of nitrogens with one attached hydrogen (secondary N) is 1. The summed E-state index contributed by atoms with van der Waals surface area (Å²) in [6.07, 6.45) is 1.81. The van der Waals surface area contributed by atoms with Gasteiger partial charge in [0.25, 0.3) is 0 Å². The van der Waals surface area contributed by atoms with E-state index in [2.05, 4.69) is 69.7 Å². The van der Waals surface area contributed by atoms with Gasteiger partial charge in [-0.2, -0.15) is 0 Å². The molecule has 1 spiro atoms. The van der Waals surface area contributed by atoms with E-state index in [4.69, 9.17) is 0 Å². The fourth-order valence-electron chi connectivity index (χ4n) is 5.68. The Kier molecular flexibility index (Phi) is 2.27. The van der Waals surface area contributed by atoms with Crippen LogP contribution in [0.5, 0.6) is 0 Å². The van der Waals surface area contributed by atoms with Crippen LogP contribution >= 0.6 is 0 Å². The highest BCUT2D eigenvalue weighted by molar-refractivity contribution is 5.65. The van der Waals surface area contributed by atoms with Crippen molar-refractivity contribution in [3.8, 4) is 0 Å². The molecule has 0 amide bonds. The number of fused-ring (bicyclic) bond motifs is 4. The van der Waals surface area contributed by atoms with Crippen LogP contribution in [0.25, 0.3) is 0 Å². The van der Waals surface area contributed by atoms with Crippen LogP contribution in [0.1, 0.15) is 17.5 Å². The molecule has 4 aliphatic rings. The van der Waals surface area contributed by atoms with Gasteiger partial charge in [-0.15, -0.1) is 0 Å². The Morgan fingerprint density at radius 3 is 2.78 bits per heavy atom. The van der Waals surface area contributed by atoms with Crippen LogP contribution in [0.15, 0.2) is 54.6 Å². The van der Waals surface area contributed by atoms with E-state index in [1.165, 1.54) is 30.8 Å². The number of nitrogens with zero attached hydrogens (tertiary/aromatic N) is 2. The first kappa shape index (κ1) is 12.6. The van der Waals surface area contributed by atoms with Gasteiger partial charge in [-0.3, -0.25) is 9.80 Å². The first-order valence-electron chi connectivity index (χ1n) is 8.78. The van der Waals surface area contributed by atoms with E-state index in [0.29, 0.717) is 17.6 Å². The number of hydrogen-bond donors (Lipinski definition) is 1. The summed E-state index contributed by atoms with van der Waals surface area (Å²) in [7, 11) is 0. The van der Waals surface area contributed by atoms with Gasteiger partial charge in [-0.25, -0.2) is 0 Å². The monoisotopic (exact) mass is 303 g/mol. The third-order valence-electron chi connectivity index (χ3n) is 6.56. The summed E-state index contributed by atoms with van der Waals surface area (Å²) in [5.74, 6) is 0. The molecule has 0 radical (unpaired) electrons. The van der Waals surface area contributed by atoms with Gasteiger partial charge in [0.2, 0.25) is 0 Å². The number of likely N-dealkylation sites (tertiary alicyclic amines) is 1. The average molecular weight is 303 g/mol. The lowest BCUT2D eigenvalue weighted by atomic mass is 9.74. The van der Waals surface area contributed by atoms with Crippen molar-refractivity contribution in [2.75, 3.05) is 18.4 Å². The Balaban J connectivity index is 1.42. The Bertz CT molecular complexity index is 773. The maximum Gasteiger partial charge on any atom is 0.0913 e. The number of anilines is 1. The Morgan fingerprint density at radius 1 is 1.04 bits per heavy atom. The van der Waals surface area contributed by atoms with Crippen molar-refractivity contribution in [2.24, 2.45) is 0 Å². The fourth-order valence-corrected chi connectivity index (χ4v) is 5.68. The fraction of sp³-hybridized carbons (Fsp3) is 0.400. The molecule has 6 rings (SSSR count). The third kappa shape index (κ3) is 1.47. The molecule has 1 N–H and O–H groups in total. The molecule has 3 fully saturated rings. The zero-order valence-electron chi connectivity index (χ0n) is 13.2. The first-order valence-corrected chi connectivity index (χ1v) is 8.78. The summed E-state index contributed by atoms with van der Waals surface area (Å²) < 4.78 is 0. The molecule has 116 valence electrons. The van der Waals surface area contributed by atoms with Crippen molar-refractivity contribution >= 4 is 5.69 Å². The van der Waals surface area contributed by atoms with E-state index >= 15 is 0 Å². The van der Waals surface area contributed by atoms with Gasteiger partial charge in [0.05, 0.1) is 6.17 Å². The van der Waals surface area contributed by atoms with Gasteiger partial charge in [0.1, 0.15) is 0 Å². The summed E-state index contributed by atoms with van der Waals surface area (Å²) in [4.78, 5) is 5.44. The van der Waals surface area contributed by atoms with Crippen molar-refractivity contribution in [1.29, 1.82) is 0 Å². The minimum atomic E-state index is 0.314. The largest absolute Gasteiger partial charge is 0.369 e. The van der Waals surface area contributed by atoms with Crippen LogP contribution < -0.4 is 5.32 Å². The summed E-state index contributed by atoms with van der Waals surface area (Å²) >= 11 is 0. The molecule has 0 saturated carbocycles. The summed E-state index contributed by atoms with van der Waals surface area (Å²) in [6, 6.07) is 21.4. The van der Waals surface area contributed by atoms with Gasteiger partial charge in [0, 0.05) is 36.3 Å². The lowest BCUT2D eigenvalue weighted by Gasteiger charge is -2.34. The summed E-state index contributed by atoms with van der Waals surface area (Å²) in [5.41, 5.74) is 4.69. The molecule has 0 bridgehead atoms. The van der Waals surface area contributed by atoms with Crippen LogP contribution in [0.4, 0.5) is 5.69 Å². The van der Waals surface area contributed by atoms with Crippen molar-refractivity contribution < 1.29 is 0 Å². The predicted octanol–water partition coefficient (Wildman–Crippen LogP) is 2.65. The Hall–Kier alpha value is -1.84. The zero-order chi connectivity index (χ0) is 15.0. The number of benzene rings is 2. The third-order valence-corrected chi connectivity index (χ3v) is 6.56. The van der Waals surface area contributed by atoms with Crippen LogP contribution in [-0.2, 0) is 12.0 Å². The molecule has 0 aliphatic carbocycles. The van der Waals surface area contributed by atoms with Crippen LogP contribution in [0.3, 0.4) is 0 Å². The van der Waals surface area contributed by atoms with E-state index in [1.807, 2.05) is 0 Å². The second kappa shape index (κ2) is 4.16. The van der Waals surface area contributed by atoms with Crippen molar-refractivity contribution in [3.05, 3.63) is 65.7 Å². The second-order valence-electron chi connectivity index (χ2n) is 7.55. The molecule has 3 heteroatoms. The molecule has 23 heavy (non-hydrogen) atoms. The highest BCUT2D eigenvalue weighted by atomic mass is 15.5. The van der Waals surface area contributed by atoms with Crippen molar-refractivity contribution in [1.82, 2.24) is 9.80 Å². The topological polar surface area (TPSA) is 18.3 Å². The Morgan fingerprint density at radius 2 is 1.87 bits per heavy atom. The Labute approximate surface area is 136 Å². The van der Waals surface area contributed by atoms with E-state index in [9.17, 15) is 0 Å². The van der Waals surface area contributed by atoms with Gasteiger partial charge in [-0.05, 0) is 30.2 Å². The molecule has 2 aromatic rings. The molecule has 5 atom stereocenters. The molecule has 4 heterocycles. The molecular formula is C20H21N3. The maximum absolute atomic E-state index is 3.83. The standard InChI is InChI=1S/C20H21N3/c1-2-6-14(7-3-1)12-22-11-10-20-15-8-4-5-9-16(15)21-19(20)23-13-17(23)18(20)22/h1-9,17-19,21H,10-13H2/t17-,18?,19?,20?,23?/m1/s1. The first-order chi connectivity index (χ1) is 11.4. The molecular weight excluding hydrogens is 282 g/mol. The van der Waals surface area contributed by atoms with Crippen molar-refractivity contribution in [2.45, 2.75) is 36.6 Å². The maximum atomic E-state index is 3.83. The molecule has 3 saturated heterocycles. The number of rotatable bonds is 2. The van der Waals surface area contributed by atoms with Gasteiger partial charge in [0.15, 0.2) is 0 Å². The summed E-state index contributed by atoms with van der Waals surface area (Å²) in [5, 5.41) is 3.83. The quantitative estimate of drug-likeness (QED) is 0.860. The van der Waals surface area contributed by atoms with Gasteiger partial charge < -0.3 is 5.32 Å². The molecule has 3 nitrogen and oxygen atoms in total. The predicted molar refractivity (Wildman–Crippen MR) is 91.3 cm³/mol. The number of piperidine rings is 1. The minimum Gasteiger partial charge on any atom is -0.369 e. The van der Waals surface area contributed by atoms with Gasteiger partial charge in [-0.1, -0.05) is 48.5 Å². The minimum absolute atomic E-state index is 0.314. The number of hydrogen-bond acceptors (Lipinski definition) is 3. The van der Waals surface area contributed by atoms with Crippen LogP contribution in [0, 0.1) is 0 Å². The normalized spacial score (nSPS) is 39.3.